The third-order valence-electron chi connectivity index (χ3n) is 3.45. The average molecular weight is 214 g/mol. The van der Waals surface area contributed by atoms with E-state index in [1.165, 1.54) is 19.3 Å². The van der Waals surface area contributed by atoms with Gasteiger partial charge in [-0.25, -0.2) is 0 Å². The summed E-state index contributed by atoms with van der Waals surface area (Å²) in [4.78, 5) is 0. The van der Waals surface area contributed by atoms with Gasteiger partial charge in [0.15, 0.2) is 0 Å². The van der Waals surface area contributed by atoms with Crippen molar-refractivity contribution in [1.29, 1.82) is 0 Å². The van der Waals surface area contributed by atoms with E-state index in [1.807, 2.05) is 0 Å². The summed E-state index contributed by atoms with van der Waals surface area (Å²) in [6, 6.07) is 0. The fourth-order valence-electron chi connectivity index (χ4n) is 1.98. The molecule has 90 valence electrons. The zero-order valence-electron chi connectivity index (χ0n) is 10.2. The van der Waals surface area contributed by atoms with Gasteiger partial charge in [-0.15, -0.1) is 0 Å². The van der Waals surface area contributed by atoms with Gasteiger partial charge in [0.2, 0.25) is 0 Å². The lowest BCUT2D eigenvalue weighted by Crippen LogP contribution is -2.29. The van der Waals surface area contributed by atoms with Crippen LogP contribution in [0.5, 0.6) is 0 Å². The van der Waals surface area contributed by atoms with Crippen molar-refractivity contribution >= 4 is 0 Å². The summed E-state index contributed by atoms with van der Waals surface area (Å²) in [6.45, 7) is 6.23. The summed E-state index contributed by atoms with van der Waals surface area (Å²) in [5, 5.41) is 3.57. The number of hydrogen-bond donors (Lipinski definition) is 2. The minimum Gasteiger partial charge on any atom is -0.385 e. The quantitative estimate of drug-likeness (QED) is 0.609. The second-order valence-electron chi connectivity index (χ2n) is 5.06. The van der Waals surface area contributed by atoms with Crippen molar-refractivity contribution < 1.29 is 4.74 Å². The van der Waals surface area contributed by atoms with E-state index in [4.69, 9.17) is 10.5 Å². The van der Waals surface area contributed by atoms with E-state index in [0.29, 0.717) is 11.3 Å². The monoisotopic (exact) mass is 214 g/mol. The van der Waals surface area contributed by atoms with Crippen LogP contribution >= 0.6 is 0 Å². The Hall–Kier alpha value is -0.120. The number of nitrogens with one attached hydrogen (secondary N) is 1. The second kappa shape index (κ2) is 6.46. The maximum atomic E-state index is 5.52. The van der Waals surface area contributed by atoms with E-state index in [1.54, 1.807) is 7.11 Å². The Morgan fingerprint density at radius 3 is 2.73 bits per heavy atom. The molecular formula is C12H26N2O. The molecule has 3 N–H and O–H groups in total. The largest absolute Gasteiger partial charge is 0.385 e. The Morgan fingerprint density at radius 2 is 2.20 bits per heavy atom. The number of rotatable bonds is 9. The molecule has 1 unspecified atom stereocenters. The van der Waals surface area contributed by atoms with Crippen LogP contribution in [0, 0.1) is 11.3 Å². The van der Waals surface area contributed by atoms with Crippen LogP contribution in [0.15, 0.2) is 0 Å². The molecule has 0 amide bonds. The standard InChI is InChI=1S/C12H26N2O/c1-11(3-7-13)9-14-10-12(4-5-12)6-8-15-2/h11,14H,3-10,13H2,1-2H3. The molecule has 0 heterocycles. The molecule has 3 heteroatoms. The topological polar surface area (TPSA) is 47.3 Å². The molecular weight excluding hydrogens is 188 g/mol. The Labute approximate surface area is 93.8 Å². The third-order valence-corrected chi connectivity index (χ3v) is 3.45. The van der Waals surface area contributed by atoms with E-state index in [-0.39, 0.29) is 0 Å². The lowest BCUT2D eigenvalue weighted by molar-refractivity contribution is 0.171. The normalized spacial score (nSPS) is 20.2. The number of hydrogen-bond acceptors (Lipinski definition) is 3. The number of methoxy groups -OCH3 is 1. The third kappa shape index (κ3) is 4.96. The van der Waals surface area contributed by atoms with Gasteiger partial charge in [0, 0.05) is 20.3 Å². The van der Waals surface area contributed by atoms with Gasteiger partial charge in [-0.05, 0) is 50.1 Å². The van der Waals surface area contributed by atoms with Gasteiger partial charge in [-0.1, -0.05) is 6.92 Å². The van der Waals surface area contributed by atoms with Crippen molar-refractivity contribution in [2.24, 2.45) is 17.1 Å². The van der Waals surface area contributed by atoms with E-state index >= 15 is 0 Å². The van der Waals surface area contributed by atoms with Crippen LogP contribution in [0.3, 0.4) is 0 Å². The molecule has 15 heavy (non-hydrogen) atoms. The van der Waals surface area contributed by atoms with Crippen molar-refractivity contribution in [3.8, 4) is 0 Å². The molecule has 1 aliphatic carbocycles. The molecule has 3 nitrogen and oxygen atoms in total. The maximum Gasteiger partial charge on any atom is 0.0468 e. The smallest absolute Gasteiger partial charge is 0.0468 e. The minimum atomic E-state index is 0.568. The summed E-state index contributed by atoms with van der Waals surface area (Å²) in [7, 11) is 1.78. The Bertz CT molecular complexity index is 169. The van der Waals surface area contributed by atoms with Gasteiger partial charge in [0.1, 0.15) is 0 Å². The predicted octanol–water partition coefficient (Wildman–Crippen LogP) is 1.38. The van der Waals surface area contributed by atoms with Crippen LogP contribution in [0.25, 0.3) is 0 Å². The van der Waals surface area contributed by atoms with Crippen LogP contribution in [-0.2, 0) is 4.74 Å². The first-order valence-corrected chi connectivity index (χ1v) is 6.12. The first-order valence-electron chi connectivity index (χ1n) is 6.12. The highest BCUT2D eigenvalue weighted by molar-refractivity contribution is 4.94. The zero-order valence-corrected chi connectivity index (χ0v) is 10.2. The van der Waals surface area contributed by atoms with Gasteiger partial charge in [0.25, 0.3) is 0 Å². The summed E-state index contributed by atoms with van der Waals surface area (Å²) in [5.74, 6) is 0.702. The van der Waals surface area contributed by atoms with Gasteiger partial charge < -0.3 is 15.8 Å². The van der Waals surface area contributed by atoms with Crippen molar-refractivity contribution in [1.82, 2.24) is 5.32 Å². The molecule has 0 aliphatic heterocycles. The van der Waals surface area contributed by atoms with Crippen molar-refractivity contribution in [3.05, 3.63) is 0 Å². The van der Waals surface area contributed by atoms with E-state index in [0.717, 1.165) is 32.7 Å². The van der Waals surface area contributed by atoms with E-state index in [9.17, 15) is 0 Å². The van der Waals surface area contributed by atoms with Crippen LogP contribution in [0.1, 0.15) is 32.6 Å². The highest BCUT2D eigenvalue weighted by atomic mass is 16.5. The first kappa shape index (κ1) is 12.9. The van der Waals surface area contributed by atoms with Gasteiger partial charge in [-0.2, -0.15) is 0 Å². The van der Waals surface area contributed by atoms with Gasteiger partial charge >= 0.3 is 0 Å². The highest BCUT2D eigenvalue weighted by Gasteiger charge is 2.41. The molecule has 1 saturated carbocycles. The highest BCUT2D eigenvalue weighted by Crippen LogP contribution is 2.48. The summed E-state index contributed by atoms with van der Waals surface area (Å²) in [6.07, 6.45) is 5.07. The van der Waals surface area contributed by atoms with E-state index in [2.05, 4.69) is 12.2 Å². The molecule has 0 aromatic rings. The lowest BCUT2D eigenvalue weighted by Gasteiger charge is -2.17. The van der Waals surface area contributed by atoms with Crippen molar-refractivity contribution in [2.75, 3.05) is 33.4 Å². The number of nitrogens with two attached hydrogens (primary N) is 1. The fourth-order valence-corrected chi connectivity index (χ4v) is 1.98. The molecule has 0 saturated heterocycles. The second-order valence-corrected chi connectivity index (χ2v) is 5.06. The zero-order chi connectivity index (χ0) is 11.1. The van der Waals surface area contributed by atoms with Gasteiger partial charge in [0.05, 0.1) is 0 Å². The summed E-state index contributed by atoms with van der Waals surface area (Å²) >= 11 is 0. The SMILES string of the molecule is COCCC1(CNCC(C)CCN)CC1. The van der Waals surface area contributed by atoms with Crippen LogP contribution in [-0.4, -0.2) is 33.4 Å². The molecule has 1 atom stereocenters. The molecule has 0 spiro atoms. The van der Waals surface area contributed by atoms with Crippen molar-refractivity contribution in [2.45, 2.75) is 32.6 Å². The summed E-state index contributed by atoms with van der Waals surface area (Å²) < 4.78 is 5.14. The average Bonchev–Trinajstić information content (AvgIpc) is 2.96. The fraction of sp³-hybridized carbons (Fsp3) is 1.00. The Balaban J connectivity index is 2.04. The van der Waals surface area contributed by atoms with Crippen LogP contribution in [0.4, 0.5) is 0 Å². The Kier molecular flexibility index (Phi) is 5.58. The van der Waals surface area contributed by atoms with Gasteiger partial charge in [-0.3, -0.25) is 0 Å². The first-order chi connectivity index (χ1) is 7.22. The van der Waals surface area contributed by atoms with E-state index < -0.39 is 0 Å². The van der Waals surface area contributed by atoms with Crippen molar-refractivity contribution in [3.63, 3.8) is 0 Å². The van der Waals surface area contributed by atoms with Crippen LogP contribution in [0.2, 0.25) is 0 Å². The molecule has 1 rings (SSSR count). The molecule has 0 bridgehead atoms. The Morgan fingerprint density at radius 1 is 1.47 bits per heavy atom. The molecule has 0 aromatic heterocycles. The summed E-state index contributed by atoms with van der Waals surface area (Å²) in [5.41, 5.74) is 6.09. The minimum absolute atomic E-state index is 0.568. The molecule has 1 fully saturated rings. The predicted molar refractivity (Wildman–Crippen MR) is 63.9 cm³/mol. The van der Waals surface area contributed by atoms with Crippen LogP contribution < -0.4 is 11.1 Å². The molecule has 0 radical (unpaired) electrons. The number of ether oxygens (including phenoxy) is 1. The lowest BCUT2D eigenvalue weighted by atomic mass is 10.0. The maximum absolute atomic E-state index is 5.52. The molecule has 0 aromatic carbocycles. The molecule has 1 aliphatic rings.